The van der Waals surface area contributed by atoms with Crippen LogP contribution in [0, 0.1) is 13.8 Å². The molecule has 2 heteroatoms. The van der Waals surface area contributed by atoms with E-state index in [4.69, 9.17) is 4.74 Å². The van der Waals surface area contributed by atoms with Gasteiger partial charge >= 0.3 is 0 Å². The molecule has 0 radical (unpaired) electrons. The standard InChI is InChI=1S/C12H13NO/c1-8-6-10-5-4-9(2)13-12(10)11(7-8)14-3/h4-7H,1-3H3. The van der Waals surface area contributed by atoms with E-state index in [1.807, 2.05) is 19.1 Å². The molecule has 0 fully saturated rings. The van der Waals surface area contributed by atoms with Gasteiger partial charge in [0.05, 0.1) is 7.11 Å². The lowest BCUT2D eigenvalue weighted by Crippen LogP contribution is -1.90. The molecule has 2 nitrogen and oxygen atoms in total. The molecule has 0 bridgehead atoms. The fourth-order valence-corrected chi connectivity index (χ4v) is 1.60. The van der Waals surface area contributed by atoms with E-state index in [2.05, 4.69) is 24.0 Å². The summed E-state index contributed by atoms with van der Waals surface area (Å²) in [6, 6.07) is 8.22. The lowest BCUT2D eigenvalue weighted by Gasteiger charge is -2.06. The van der Waals surface area contributed by atoms with E-state index in [9.17, 15) is 0 Å². The van der Waals surface area contributed by atoms with Gasteiger partial charge in [0.15, 0.2) is 0 Å². The number of hydrogen-bond donors (Lipinski definition) is 0. The van der Waals surface area contributed by atoms with Crippen molar-refractivity contribution in [2.75, 3.05) is 7.11 Å². The third-order valence-electron chi connectivity index (χ3n) is 2.26. The summed E-state index contributed by atoms with van der Waals surface area (Å²) in [5, 5.41) is 1.13. The molecular formula is C12H13NO. The van der Waals surface area contributed by atoms with E-state index in [-0.39, 0.29) is 0 Å². The Labute approximate surface area is 83.5 Å². The molecule has 2 aromatic rings. The maximum absolute atomic E-state index is 5.30. The van der Waals surface area contributed by atoms with Crippen LogP contribution in [0.1, 0.15) is 11.3 Å². The Balaban J connectivity index is 2.81. The van der Waals surface area contributed by atoms with Crippen LogP contribution < -0.4 is 4.74 Å². The zero-order chi connectivity index (χ0) is 10.1. The number of fused-ring (bicyclic) bond motifs is 1. The number of aromatic nitrogens is 1. The summed E-state index contributed by atoms with van der Waals surface area (Å²) in [6.45, 7) is 4.04. The van der Waals surface area contributed by atoms with Gasteiger partial charge in [-0.1, -0.05) is 6.07 Å². The van der Waals surface area contributed by atoms with Crippen molar-refractivity contribution in [3.63, 3.8) is 0 Å². The van der Waals surface area contributed by atoms with Gasteiger partial charge in [0.1, 0.15) is 11.3 Å². The molecule has 0 spiro atoms. The van der Waals surface area contributed by atoms with Crippen LogP contribution in [-0.2, 0) is 0 Å². The summed E-state index contributed by atoms with van der Waals surface area (Å²) in [7, 11) is 1.68. The van der Waals surface area contributed by atoms with E-state index < -0.39 is 0 Å². The molecule has 1 aromatic heterocycles. The normalized spacial score (nSPS) is 10.5. The van der Waals surface area contributed by atoms with Crippen LogP contribution in [0.25, 0.3) is 10.9 Å². The van der Waals surface area contributed by atoms with Gasteiger partial charge in [0.25, 0.3) is 0 Å². The first-order chi connectivity index (χ1) is 6.70. The monoisotopic (exact) mass is 187 g/mol. The van der Waals surface area contributed by atoms with Crippen LogP contribution in [0.4, 0.5) is 0 Å². The number of benzene rings is 1. The Morgan fingerprint density at radius 3 is 2.64 bits per heavy atom. The highest BCUT2D eigenvalue weighted by molar-refractivity contribution is 5.85. The molecule has 0 N–H and O–H groups in total. The molecule has 1 heterocycles. The fourth-order valence-electron chi connectivity index (χ4n) is 1.60. The van der Waals surface area contributed by atoms with Gasteiger partial charge in [-0.2, -0.15) is 0 Å². The van der Waals surface area contributed by atoms with Crippen molar-refractivity contribution >= 4 is 10.9 Å². The topological polar surface area (TPSA) is 22.1 Å². The van der Waals surface area contributed by atoms with Gasteiger partial charge in [-0.05, 0) is 37.6 Å². The van der Waals surface area contributed by atoms with Crippen molar-refractivity contribution in [2.45, 2.75) is 13.8 Å². The lowest BCUT2D eigenvalue weighted by molar-refractivity contribution is 0.418. The van der Waals surface area contributed by atoms with E-state index in [1.165, 1.54) is 5.56 Å². The zero-order valence-electron chi connectivity index (χ0n) is 8.66. The molecule has 0 unspecified atom stereocenters. The summed E-state index contributed by atoms with van der Waals surface area (Å²) < 4.78 is 5.30. The highest BCUT2D eigenvalue weighted by atomic mass is 16.5. The van der Waals surface area contributed by atoms with Crippen LogP contribution in [0.5, 0.6) is 5.75 Å². The van der Waals surface area contributed by atoms with E-state index in [0.717, 1.165) is 22.3 Å². The number of methoxy groups -OCH3 is 1. The molecular weight excluding hydrogens is 174 g/mol. The average molecular weight is 187 g/mol. The molecule has 0 aliphatic heterocycles. The first kappa shape index (κ1) is 9.00. The summed E-state index contributed by atoms with van der Waals surface area (Å²) in [6.07, 6.45) is 0. The molecule has 2 rings (SSSR count). The number of aryl methyl sites for hydroxylation is 2. The minimum Gasteiger partial charge on any atom is -0.494 e. The minimum absolute atomic E-state index is 0.851. The van der Waals surface area contributed by atoms with Gasteiger partial charge in [-0.15, -0.1) is 0 Å². The predicted molar refractivity (Wildman–Crippen MR) is 57.8 cm³/mol. The summed E-state index contributed by atoms with van der Waals surface area (Å²) in [4.78, 5) is 4.46. The van der Waals surface area contributed by atoms with Crippen LogP contribution in [0.3, 0.4) is 0 Å². The fraction of sp³-hybridized carbons (Fsp3) is 0.250. The number of rotatable bonds is 1. The lowest BCUT2D eigenvalue weighted by atomic mass is 10.1. The second-order valence-corrected chi connectivity index (χ2v) is 3.49. The maximum atomic E-state index is 5.30. The predicted octanol–water partition coefficient (Wildman–Crippen LogP) is 2.86. The van der Waals surface area contributed by atoms with Crippen molar-refractivity contribution < 1.29 is 4.74 Å². The highest BCUT2D eigenvalue weighted by Gasteiger charge is 2.03. The molecule has 0 amide bonds. The van der Waals surface area contributed by atoms with Crippen LogP contribution in [0.15, 0.2) is 24.3 Å². The molecule has 72 valence electrons. The average Bonchev–Trinajstić information content (AvgIpc) is 2.17. The van der Waals surface area contributed by atoms with E-state index >= 15 is 0 Å². The third-order valence-corrected chi connectivity index (χ3v) is 2.26. The Bertz CT molecular complexity index is 477. The second-order valence-electron chi connectivity index (χ2n) is 3.49. The highest BCUT2D eigenvalue weighted by Crippen LogP contribution is 2.25. The van der Waals surface area contributed by atoms with E-state index in [0.29, 0.717) is 0 Å². The largest absolute Gasteiger partial charge is 0.494 e. The van der Waals surface area contributed by atoms with Crippen molar-refractivity contribution in [1.82, 2.24) is 4.98 Å². The van der Waals surface area contributed by atoms with Gasteiger partial charge in [0.2, 0.25) is 0 Å². The Hall–Kier alpha value is -1.57. The number of nitrogens with zero attached hydrogens (tertiary/aromatic N) is 1. The van der Waals surface area contributed by atoms with E-state index in [1.54, 1.807) is 7.11 Å². The Morgan fingerprint density at radius 1 is 1.14 bits per heavy atom. The molecule has 14 heavy (non-hydrogen) atoms. The van der Waals surface area contributed by atoms with Gasteiger partial charge in [-0.25, -0.2) is 4.98 Å². The summed E-state index contributed by atoms with van der Waals surface area (Å²) in [5.74, 6) is 0.851. The quantitative estimate of drug-likeness (QED) is 0.684. The first-order valence-electron chi connectivity index (χ1n) is 4.62. The molecule has 0 aliphatic carbocycles. The Morgan fingerprint density at radius 2 is 1.93 bits per heavy atom. The zero-order valence-corrected chi connectivity index (χ0v) is 8.66. The molecule has 0 saturated carbocycles. The number of ether oxygens (including phenoxy) is 1. The van der Waals surface area contributed by atoms with Crippen molar-refractivity contribution in [3.05, 3.63) is 35.5 Å². The molecule has 0 aliphatic rings. The first-order valence-corrected chi connectivity index (χ1v) is 4.62. The molecule has 0 atom stereocenters. The Kier molecular flexibility index (Phi) is 2.12. The van der Waals surface area contributed by atoms with Crippen molar-refractivity contribution in [1.29, 1.82) is 0 Å². The third kappa shape index (κ3) is 1.43. The van der Waals surface area contributed by atoms with Gasteiger partial charge in [-0.3, -0.25) is 0 Å². The second kappa shape index (κ2) is 3.29. The minimum atomic E-state index is 0.851. The SMILES string of the molecule is COc1cc(C)cc2ccc(C)nc12. The van der Waals surface area contributed by atoms with Crippen LogP contribution >= 0.6 is 0 Å². The van der Waals surface area contributed by atoms with Gasteiger partial charge < -0.3 is 4.74 Å². The van der Waals surface area contributed by atoms with Crippen LogP contribution in [-0.4, -0.2) is 12.1 Å². The van der Waals surface area contributed by atoms with Crippen molar-refractivity contribution in [2.24, 2.45) is 0 Å². The van der Waals surface area contributed by atoms with Gasteiger partial charge in [0, 0.05) is 11.1 Å². The summed E-state index contributed by atoms with van der Waals surface area (Å²) in [5.41, 5.74) is 3.15. The molecule has 0 saturated heterocycles. The van der Waals surface area contributed by atoms with Crippen molar-refractivity contribution in [3.8, 4) is 5.75 Å². The van der Waals surface area contributed by atoms with Crippen LogP contribution in [0.2, 0.25) is 0 Å². The maximum Gasteiger partial charge on any atom is 0.145 e. The number of hydrogen-bond acceptors (Lipinski definition) is 2. The number of pyridine rings is 1. The molecule has 1 aromatic carbocycles. The summed E-state index contributed by atoms with van der Waals surface area (Å²) >= 11 is 0. The smallest absolute Gasteiger partial charge is 0.145 e.